The lowest BCUT2D eigenvalue weighted by Gasteiger charge is -2.12. The Morgan fingerprint density at radius 1 is 0.966 bits per heavy atom. The number of nitrogens with one attached hydrogen (secondary N) is 1. The van der Waals surface area contributed by atoms with Crippen LogP contribution in [-0.2, 0) is 6.61 Å². The molecular weight excluding hydrogens is 366 g/mol. The summed E-state index contributed by atoms with van der Waals surface area (Å²) < 4.78 is 7.14. The summed E-state index contributed by atoms with van der Waals surface area (Å²) in [6.07, 6.45) is -1.18. The molecule has 0 amide bonds. The molecule has 29 heavy (non-hydrogen) atoms. The van der Waals surface area contributed by atoms with Crippen LogP contribution in [0.25, 0.3) is 5.69 Å². The Balaban J connectivity index is 1.59. The number of aliphatic hydroxyl groups excluding tert-OH is 1. The van der Waals surface area contributed by atoms with Crippen LogP contribution in [0.4, 0.5) is 5.82 Å². The number of benzene rings is 3. The molecule has 4 rings (SSSR count). The van der Waals surface area contributed by atoms with Crippen molar-refractivity contribution >= 4 is 5.82 Å². The number of para-hydroxylation sites is 1. The van der Waals surface area contributed by atoms with Crippen LogP contribution in [0.15, 0.2) is 89.7 Å². The number of nitrogen functional groups attached to an aromatic ring is 1. The van der Waals surface area contributed by atoms with Gasteiger partial charge >= 0.3 is 0 Å². The fraction of sp³-hybridized carbons (Fsp3) is 0.0870. The highest BCUT2D eigenvalue weighted by atomic mass is 16.5. The van der Waals surface area contributed by atoms with Gasteiger partial charge in [-0.25, -0.2) is 4.68 Å². The normalized spacial score (nSPS) is 11.9. The van der Waals surface area contributed by atoms with E-state index in [2.05, 4.69) is 5.10 Å². The van der Waals surface area contributed by atoms with Crippen LogP contribution < -0.4 is 16.0 Å². The summed E-state index contributed by atoms with van der Waals surface area (Å²) in [6.45, 7) is 0.410. The predicted molar refractivity (Wildman–Crippen MR) is 112 cm³/mol. The van der Waals surface area contributed by atoms with Crippen molar-refractivity contribution in [3.8, 4) is 11.4 Å². The number of hydrogen-bond acceptors (Lipinski definition) is 4. The van der Waals surface area contributed by atoms with E-state index < -0.39 is 11.7 Å². The second-order valence-electron chi connectivity index (χ2n) is 6.66. The van der Waals surface area contributed by atoms with Crippen molar-refractivity contribution in [3.05, 3.63) is 112 Å². The van der Waals surface area contributed by atoms with Crippen molar-refractivity contribution in [3.63, 3.8) is 0 Å². The van der Waals surface area contributed by atoms with Gasteiger partial charge in [-0.2, -0.15) is 0 Å². The Morgan fingerprint density at radius 3 is 2.38 bits per heavy atom. The van der Waals surface area contributed by atoms with E-state index in [1.165, 1.54) is 4.68 Å². The third-order valence-corrected chi connectivity index (χ3v) is 4.67. The van der Waals surface area contributed by atoms with E-state index in [4.69, 9.17) is 10.5 Å². The monoisotopic (exact) mass is 387 g/mol. The molecule has 0 saturated carbocycles. The second-order valence-corrected chi connectivity index (χ2v) is 6.66. The van der Waals surface area contributed by atoms with Gasteiger partial charge in [0.1, 0.15) is 24.3 Å². The molecule has 6 heteroatoms. The third-order valence-electron chi connectivity index (χ3n) is 4.67. The molecule has 1 atom stereocenters. The molecule has 1 aromatic heterocycles. The van der Waals surface area contributed by atoms with Crippen LogP contribution in [0.3, 0.4) is 0 Å². The SMILES string of the molecule is Nc1[nH]n(-c2ccccc2)c(=O)c1C(O)c1cccc(OCc2ccccc2)c1. The number of ether oxygens (including phenoxy) is 1. The lowest BCUT2D eigenvalue weighted by molar-refractivity contribution is 0.218. The molecule has 6 nitrogen and oxygen atoms in total. The molecule has 4 N–H and O–H groups in total. The summed E-state index contributed by atoms with van der Waals surface area (Å²) in [5.41, 5.74) is 7.95. The van der Waals surface area contributed by atoms with Crippen LogP contribution in [0.2, 0.25) is 0 Å². The van der Waals surface area contributed by atoms with Crippen molar-refractivity contribution in [2.75, 3.05) is 5.73 Å². The van der Waals surface area contributed by atoms with E-state index in [9.17, 15) is 9.90 Å². The molecule has 0 aliphatic carbocycles. The van der Waals surface area contributed by atoms with E-state index in [1.54, 1.807) is 30.3 Å². The molecule has 3 aromatic carbocycles. The highest BCUT2D eigenvalue weighted by Crippen LogP contribution is 2.27. The molecule has 0 fully saturated rings. The maximum absolute atomic E-state index is 12.9. The molecule has 4 aromatic rings. The van der Waals surface area contributed by atoms with Crippen LogP contribution in [-0.4, -0.2) is 14.9 Å². The zero-order valence-electron chi connectivity index (χ0n) is 15.7. The molecular formula is C23H21N3O3. The van der Waals surface area contributed by atoms with Crippen LogP contribution in [0.1, 0.15) is 22.8 Å². The number of H-pyrrole nitrogens is 1. The number of nitrogens with two attached hydrogens (primary N) is 1. The summed E-state index contributed by atoms with van der Waals surface area (Å²) in [4.78, 5) is 12.9. The van der Waals surface area contributed by atoms with E-state index >= 15 is 0 Å². The first kappa shape index (κ1) is 18.6. The van der Waals surface area contributed by atoms with Crippen molar-refractivity contribution in [1.29, 1.82) is 0 Å². The largest absolute Gasteiger partial charge is 0.489 e. The van der Waals surface area contributed by atoms with Gasteiger partial charge in [0.25, 0.3) is 5.56 Å². The van der Waals surface area contributed by atoms with E-state index in [0.29, 0.717) is 23.6 Å². The fourth-order valence-electron chi connectivity index (χ4n) is 3.17. The Hall–Kier alpha value is -3.77. The van der Waals surface area contributed by atoms with Gasteiger partial charge in [-0.1, -0.05) is 60.7 Å². The van der Waals surface area contributed by atoms with Crippen molar-refractivity contribution in [1.82, 2.24) is 9.78 Å². The minimum absolute atomic E-state index is 0.106. The number of anilines is 1. The van der Waals surface area contributed by atoms with Gasteiger partial charge in [0.05, 0.1) is 11.3 Å². The quantitative estimate of drug-likeness (QED) is 0.473. The fourth-order valence-corrected chi connectivity index (χ4v) is 3.17. The molecule has 0 spiro atoms. The predicted octanol–water partition coefficient (Wildman–Crippen LogP) is 3.41. The van der Waals surface area contributed by atoms with Gasteiger partial charge < -0.3 is 15.6 Å². The molecule has 0 bridgehead atoms. The molecule has 0 saturated heterocycles. The van der Waals surface area contributed by atoms with E-state index in [1.807, 2.05) is 54.6 Å². The van der Waals surface area contributed by atoms with Gasteiger partial charge in [-0.05, 0) is 35.4 Å². The third kappa shape index (κ3) is 3.93. The van der Waals surface area contributed by atoms with Gasteiger partial charge in [-0.15, -0.1) is 0 Å². The number of aliphatic hydroxyl groups is 1. The number of hydrogen-bond donors (Lipinski definition) is 3. The average Bonchev–Trinajstić information content (AvgIpc) is 3.07. The standard InChI is InChI=1S/C23H21N3O3/c24-22-20(23(28)26(25-22)18-11-5-2-6-12-18)21(27)17-10-7-13-19(14-17)29-15-16-8-3-1-4-9-16/h1-14,21,25,27H,15,24H2. The lowest BCUT2D eigenvalue weighted by Crippen LogP contribution is -2.20. The Labute approximate surface area is 167 Å². The number of rotatable bonds is 6. The van der Waals surface area contributed by atoms with Gasteiger partial charge in [0.2, 0.25) is 0 Å². The maximum Gasteiger partial charge on any atom is 0.279 e. The van der Waals surface area contributed by atoms with Crippen molar-refractivity contribution < 1.29 is 9.84 Å². The molecule has 146 valence electrons. The molecule has 0 radical (unpaired) electrons. The molecule has 0 aliphatic heterocycles. The summed E-state index contributed by atoms with van der Waals surface area (Å²) in [6, 6.07) is 25.9. The first-order valence-electron chi connectivity index (χ1n) is 9.24. The highest BCUT2D eigenvalue weighted by Gasteiger charge is 2.22. The Bertz CT molecular complexity index is 1150. The second kappa shape index (κ2) is 8.08. The number of aromatic amines is 1. The molecule has 0 aliphatic rings. The molecule has 1 unspecified atom stereocenters. The van der Waals surface area contributed by atoms with Crippen LogP contribution in [0.5, 0.6) is 5.75 Å². The van der Waals surface area contributed by atoms with Gasteiger partial charge in [0, 0.05) is 0 Å². The zero-order chi connectivity index (χ0) is 20.2. The summed E-state index contributed by atoms with van der Waals surface area (Å²) in [7, 11) is 0. The minimum Gasteiger partial charge on any atom is -0.489 e. The van der Waals surface area contributed by atoms with E-state index in [-0.39, 0.29) is 11.4 Å². The Morgan fingerprint density at radius 2 is 1.66 bits per heavy atom. The Kier molecular flexibility index (Phi) is 5.18. The lowest BCUT2D eigenvalue weighted by atomic mass is 10.0. The average molecular weight is 387 g/mol. The maximum atomic E-state index is 12.9. The van der Waals surface area contributed by atoms with Crippen LogP contribution in [0, 0.1) is 0 Å². The zero-order valence-corrected chi connectivity index (χ0v) is 15.7. The summed E-state index contributed by atoms with van der Waals surface area (Å²) >= 11 is 0. The van der Waals surface area contributed by atoms with Gasteiger partial charge in [0.15, 0.2) is 0 Å². The summed E-state index contributed by atoms with van der Waals surface area (Å²) in [5.74, 6) is 0.727. The smallest absolute Gasteiger partial charge is 0.279 e. The molecule has 1 heterocycles. The first-order chi connectivity index (χ1) is 14.1. The summed E-state index contributed by atoms with van der Waals surface area (Å²) in [5, 5.41) is 13.7. The van der Waals surface area contributed by atoms with Crippen LogP contribution >= 0.6 is 0 Å². The first-order valence-corrected chi connectivity index (χ1v) is 9.24. The van der Waals surface area contributed by atoms with Crippen molar-refractivity contribution in [2.24, 2.45) is 0 Å². The topological polar surface area (TPSA) is 93.3 Å². The van der Waals surface area contributed by atoms with E-state index in [0.717, 1.165) is 5.56 Å². The highest BCUT2D eigenvalue weighted by molar-refractivity contribution is 5.47. The van der Waals surface area contributed by atoms with Gasteiger partial charge in [-0.3, -0.25) is 9.89 Å². The number of nitrogens with zero attached hydrogens (tertiary/aromatic N) is 1. The number of aromatic nitrogens is 2. The minimum atomic E-state index is -1.18. The van der Waals surface area contributed by atoms with Crippen molar-refractivity contribution in [2.45, 2.75) is 12.7 Å².